The second-order valence-corrected chi connectivity index (χ2v) is 7.56. The van der Waals surface area contributed by atoms with E-state index in [1.807, 2.05) is 6.92 Å². The number of nitrogens with zero attached hydrogens (tertiary/aromatic N) is 1. The van der Waals surface area contributed by atoms with Crippen molar-refractivity contribution in [1.29, 1.82) is 0 Å². The number of rotatable bonds is 7. The van der Waals surface area contributed by atoms with Crippen molar-refractivity contribution in [3.05, 3.63) is 70.9 Å². The molecule has 1 unspecified atom stereocenters. The van der Waals surface area contributed by atoms with Gasteiger partial charge in [0.05, 0.1) is 23.9 Å². The van der Waals surface area contributed by atoms with Crippen molar-refractivity contribution in [1.82, 2.24) is 10.2 Å². The largest absolute Gasteiger partial charge is 0.494 e. The monoisotopic (exact) mass is 449 g/mol. The third-order valence-corrected chi connectivity index (χ3v) is 5.38. The molecule has 2 aliphatic rings. The van der Waals surface area contributed by atoms with Gasteiger partial charge in [-0.1, -0.05) is 30.3 Å². The van der Waals surface area contributed by atoms with Gasteiger partial charge >= 0.3 is 12.0 Å². The summed E-state index contributed by atoms with van der Waals surface area (Å²) >= 11 is 0. The minimum absolute atomic E-state index is 0.109. The van der Waals surface area contributed by atoms with Crippen molar-refractivity contribution in [2.75, 3.05) is 25.1 Å². The number of cyclic esters (lactones) is 1. The number of benzene rings is 2. The Balaban J connectivity index is 1.60. The molecule has 0 aromatic heterocycles. The van der Waals surface area contributed by atoms with Crippen LogP contribution in [0.5, 0.6) is 5.75 Å². The fourth-order valence-corrected chi connectivity index (χ4v) is 3.88. The SMILES string of the molecule is CCOc1ccccc1C1NC(=O)N(CC(=O)Nc2cccc(C(C)=O)c2)C2=C1C(=O)OC2. The summed E-state index contributed by atoms with van der Waals surface area (Å²) in [6, 6.07) is 12.4. The van der Waals surface area contributed by atoms with Crippen LogP contribution in [0.15, 0.2) is 59.8 Å². The number of ketones is 1. The van der Waals surface area contributed by atoms with Gasteiger partial charge in [0.25, 0.3) is 0 Å². The number of para-hydroxylation sites is 1. The van der Waals surface area contributed by atoms with Gasteiger partial charge in [-0.25, -0.2) is 9.59 Å². The number of amides is 3. The molecule has 0 radical (unpaired) electrons. The van der Waals surface area contributed by atoms with Crippen LogP contribution in [-0.4, -0.2) is 48.3 Å². The third kappa shape index (κ3) is 4.43. The van der Waals surface area contributed by atoms with Crippen molar-refractivity contribution >= 4 is 29.4 Å². The maximum atomic E-state index is 13.0. The predicted molar refractivity (Wildman–Crippen MR) is 119 cm³/mol. The van der Waals surface area contributed by atoms with Crippen LogP contribution in [0, 0.1) is 0 Å². The number of hydrogen-bond acceptors (Lipinski definition) is 6. The molecule has 2 heterocycles. The first-order chi connectivity index (χ1) is 15.9. The Hall–Kier alpha value is -4.14. The van der Waals surface area contributed by atoms with E-state index in [1.165, 1.54) is 11.8 Å². The normalized spacial score (nSPS) is 17.3. The molecule has 2 N–H and O–H groups in total. The second kappa shape index (κ2) is 9.15. The summed E-state index contributed by atoms with van der Waals surface area (Å²) in [6.45, 7) is 3.26. The Morgan fingerprint density at radius 1 is 1.18 bits per heavy atom. The third-order valence-electron chi connectivity index (χ3n) is 5.38. The Morgan fingerprint density at radius 2 is 1.97 bits per heavy atom. The van der Waals surface area contributed by atoms with Crippen LogP contribution in [0.3, 0.4) is 0 Å². The highest BCUT2D eigenvalue weighted by Crippen LogP contribution is 2.38. The Morgan fingerprint density at radius 3 is 2.73 bits per heavy atom. The fourth-order valence-electron chi connectivity index (χ4n) is 3.88. The first kappa shape index (κ1) is 22.1. The van der Waals surface area contributed by atoms with E-state index in [-0.39, 0.29) is 24.5 Å². The van der Waals surface area contributed by atoms with E-state index >= 15 is 0 Å². The molecule has 0 spiro atoms. The van der Waals surface area contributed by atoms with Crippen LogP contribution in [0.2, 0.25) is 0 Å². The van der Waals surface area contributed by atoms with Gasteiger partial charge in [0.15, 0.2) is 5.78 Å². The number of carbonyl (C=O) groups is 4. The zero-order valence-corrected chi connectivity index (χ0v) is 18.2. The van der Waals surface area contributed by atoms with Gasteiger partial charge in [0, 0.05) is 16.8 Å². The Bertz CT molecular complexity index is 1170. The first-order valence-electron chi connectivity index (χ1n) is 10.5. The number of anilines is 1. The van der Waals surface area contributed by atoms with E-state index in [1.54, 1.807) is 48.5 Å². The van der Waals surface area contributed by atoms with Gasteiger partial charge in [-0.3, -0.25) is 14.5 Å². The van der Waals surface area contributed by atoms with E-state index in [4.69, 9.17) is 9.47 Å². The van der Waals surface area contributed by atoms with Gasteiger partial charge < -0.3 is 20.1 Å². The molecule has 9 nitrogen and oxygen atoms in total. The number of hydrogen-bond donors (Lipinski definition) is 2. The van der Waals surface area contributed by atoms with Gasteiger partial charge in [-0.15, -0.1) is 0 Å². The zero-order valence-electron chi connectivity index (χ0n) is 18.2. The van der Waals surface area contributed by atoms with Gasteiger partial charge in [0.2, 0.25) is 5.91 Å². The number of Topliss-reactive ketones (excluding diaryl/α,β-unsaturated/α-hetero) is 1. The average molecular weight is 449 g/mol. The molecular formula is C24H23N3O6. The molecule has 0 fully saturated rings. The summed E-state index contributed by atoms with van der Waals surface area (Å²) in [7, 11) is 0. The Labute approximate surface area is 190 Å². The molecule has 33 heavy (non-hydrogen) atoms. The summed E-state index contributed by atoms with van der Waals surface area (Å²) in [4.78, 5) is 51.0. The molecule has 2 aromatic rings. The molecule has 1 atom stereocenters. The smallest absolute Gasteiger partial charge is 0.338 e. The summed E-state index contributed by atoms with van der Waals surface area (Å²) in [5, 5.41) is 5.48. The molecule has 3 amide bonds. The molecule has 0 aliphatic carbocycles. The number of ether oxygens (including phenoxy) is 2. The maximum absolute atomic E-state index is 13.0. The molecule has 9 heteroatoms. The van der Waals surface area contributed by atoms with Crippen LogP contribution in [0.4, 0.5) is 10.5 Å². The van der Waals surface area contributed by atoms with Crippen LogP contribution in [0.25, 0.3) is 0 Å². The van der Waals surface area contributed by atoms with E-state index in [2.05, 4.69) is 10.6 Å². The molecule has 4 rings (SSSR count). The number of nitrogens with one attached hydrogen (secondary N) is 2. The molecule has 2 aliphatic heterocycles. The van der Waals surface area contributed by atoms with Gasteiger partial charge in [0.1, 0.15) is 18.9 Å². The summed E-state index contributed by atoms with van der Waals surface area (Å²) in [5.41, 5.74) is 2.13. The lowest BCUT2D eigenvalue weighted by molar-refractivity contribution is -0.136. The van der Waals surface area contributed by atoms with Crippen LogP contribution >= 0.6 is 0 Å². The molecule has 0 saturated heterocycles. The van der Waals surface area contributed by atoms with Crippen molar-refractivity contribution in [2.45, 2.75) is 19.9 Å². The zero-order chi connectivity index (χ0) is 23.5. The lowest BCUT2D eigenvalue weighted by Crippen LogP contribution is -2.49. The summed E-state index contributed by atoms with van der Waals surface area (Å²) in [6.07, 6.45) is 0. The minimum Gasteiger partial charge on any atom is -0.494 e. The fraction of sp³-hybridized carbons (Fsp3) is 0.250. The van der Waals surface area contributed by atoms with Gasteiger partial charge in [-0.05, 0) is 32.0 Å². The number of carbonyl (C=O) groups excluding carboxylic acids is 4. The highest BCUT2D eigenvalue weighted by atomic mass is 16.5. The van der Waals surface area contributed by atoms with Crippen molar-refractivity contribution in [2.24, 2.45) is 0 Å². The summed E-state index contributed by atoms with van der Waals surface area (Å²) in [5.74, 6) is -0.615. The number of esters is 1. The molecule has 2 aromatic carbocycles. The molecule has 0 saturated carbocycles. The van der Waals surface area contributed by atoms with Crippen molar-refractivity contribution in [3.63, 3.8) is 0 Å². The standard InChI is InChI=1S/C24H23N3O6/c1-3-32-19-10-5-4-9-17(19)22-21-18(13-33-23(21)30)27(24(31)26-22)12-20(29)25-16-8-6-7-15(11-16)14(2)28/h4-11,22H,3,12-13H2,1-2H3,(H,25,29)(H,26,31). The Kier molecular flexibility index (Phi) is 6.12. The molecule has 0 bridgehead atoms. The van der Waals surface area contributed by atoms with Crippen LogP contribution < -0.4 is 15.4 Å². The lowest BCUT2D eigenvalue weighted by Gasteiger charge is -2.33. The predicted octanol–water partition coefficient (Wildman–Crippen LogP) is 2.80. The average Bonchev–Trinajstić information content (AvgIpc) is 3.18. The van der Waals surface area contributed by atoms with Crippen molar-refractivity contribution in [3.8, 4) is 5.75 Å². The van der Waals surface area contributed by atoms with Crippen molar-refractivity contribution < 1.29 is 28.7 Å². The van der Waals surface area contributed by atoms with Crippen LogP contribution in [-0.2, 0) is 14.3 Å². The number of urea groups is 1. The maximum Gasteiger partial charge on any atom is 0.338 e. The topological polar surface area (TPSA) is 114 Å². The highest BCUT2D eigenvalue weighted by molar-refractivity contribution is 6.01. The second-order valence-electron chi connectivity index (χ2n) is 7.56. The first-order valence-corrected chi connectivity index (χ1v) is 10.5. The minimum atomic E-state index is -0.753. The van der Waals surface area contributed by atoms with E-state index in [9.17, 15) is 19.2 Å². The summed E-state index contributed by atoms with van der Waals surface area (Å²) < 4.78 is 10.9. The van der Waals surface area contributed by atoms with E-state index in [0.717, 1.165) is 0 Å². The molecule has 170 valence electrons. The van der Waals surface area contributed by atoms with Gasteiger partial charge in [-0.2, -0.15) is 0 Å². The molecular weight excluding hydrogens is 426 g/mol. The van der Waals surface area contributed by atoms with E-state index < -0.39 is 23.9 Å². The highest BCUT2D eigenvalue weighted by Gasteiger charge is 2.43. The lowest BCUT2D eigenvalue weighted by atomic mass is 9.95. The van der Waals surface area contributed by atoms with E-state index in [0.29, 0.717) is 34.9 Å². The van der Waals surface area contributed by atoms with Crippen LogP contribution in [0.1, 0.15) is 35.8 Å². The quantitative estimate of drug-likeness (QED) is 0.496.